The second-order valence-electron chi connectivity index (χ2n) is 6.76. The molecule has 2 aliphatic heterocycles. The molecule has 0 saturated carbocycles. The Bertz CT molecular complexity index is 683. The topological polar surface area (TPSA) is 56.4 Å². The predicted molar refractivity (Wildman–Crippen MR) is 100 cm³/mol. The van der Waals surface area contributed by atoms with Gasteiger partial charge < -0.3 is 5.32 Å². The second kappa shape index (κ2) is 7.66. The molecule has 0 bridgehead atoms. The Morgan fingerprint density at radius 2 is 1.88 bits per heavy atom. The largest absolute Gasteiger partial charge is 0.349 e. The quantitative estimate of drug-likeness (QED) is 0.788. The summed E-state index contributed by atoms with van der Waals surface area (Å²) in [6, 6.07) is 15.0. The third kappa shape index (κ3) is 3.93. The number of hydrogen-bond acceptors (Lipinski definition) is 5. The molecule has 25 heavy (non-hydrogen) atoms. The number of nitrogens with zero attached hydrogens (tertiary/aromatic N) is 1. The number of carbonyl (C=O) groups excluding carboxylic acids is 1. The normalized spacial score (nSPS) is 25.1. The van der Waals surface area contributed by atoms with Crippen molar-refractivity contribution < 1.29 is 4.79 Å². The molecule has 2 unspecified atom stereocenters. The lowest BCUT2D eigenvalue weighted by Gasteiger charge is -2.35. The van der Waals surface area contributed by atoms with Gasteiger partial charge in [0.1, 0.15) is 0 Å². The molecule has 2 aromatic rings. The molecule has 0 aliphatic carbocycles. The van der Waals surface area contributed by atoms with Gasteiger partial charge in [-0.2, -0.15) is 0 Å². The smallest absolute Gasteiger partial charge is 0.261 e. The van der Waals surface area contributed by atoms with Gasteiger partial charge >= 0.3 is 0 Å². The van der Waals surface area contributed by atoms with E-state index in [1.807, 2.05) is 17.5 Å². The molecule has 2 atom stereocenters. The zero-order chi connectivity index (χ0) is 17.1. The van der Waals surface area contributed by atoms with Crippen molar-refractivity contribution in [3.05, 3.63) is 58.3 Å². The highest BCUT2D eigenvalue weighted by molar-refractivity contribution is 7.12. The van der Waals surface area contributed by atoms with Gasteiger partial charge in [-0.1, -0.05) is 36.4 Å². The van der Waals surface area contributed by atoms with E-state index in [1.165, 1.54) is 16.9 Å². The van der Waals surface area contributed by atoms with E-state index in [0.717, 1.165) is 37.2 Å². The van der Waals surface area contributed by atoms with Gasteiger partial charge in [0, 0.05) is 25.2 Å². The summed E-state index contributed by atoms with van der Waals surface area (Å²) >= 11 is 1.50. The van der Waals surface area contributed by atoms with Crippen LogP contribution in [0.4, 0.5) is 0 Å². The summed E-state index contributed by atoms with van der Waals surface area (Å²) in [5, 5.41) is 5.12. The molecule has 3 N–H and O–H groups in total. The summed E-state index contributed by atoms with van der Waals surface area (Å²) in [4.78, 5) is 15.5. The van der Waals surface area contributed by atoms with Crippen molar-refractivity contribution in [1.82, 2.24) is 21.1 Å². The number of rotatable bonds is 4. The van der Waals surface area contributed by atoms with Crippen LogP contribution in [0.5, 0.6) is 0 Å². The summed E-state index contributed by atoms with van der Waals surface area (Å²) in [6.07, 6.45) is 3.44. The van der Waals surface area contributed by atoms with Gasteiger partial charge in [0.25, 0.3) is 5.91 Å². The number of nitrogens with one attached hydrogen (secondary N) is 3. The van der Waals surface area contributed by atoms with Crippen molar-refractivity contribution in [2.45, 2.75) is 37.5 Å². The Kier molecular flexibility index (Phi) is 5.12. The van der Waals surface area contributed by atoms with E-state index in [0.29, 0.717) is 12.2 Å². The highest BCUT2D eigenvalue weighted by Crippen LogP contribution is 2.25. The summed E-state index contributed by atoms with van der Waals surface area (Å²) in [5.74, 6) is 0.0678. The highest BCUT2D eigenvalue weighted by atomic mass is 32.1. The molecule has 2 fully saturated rings. The third-order valence-corrected chi connectivity index (χ3v) is 6.00. The standard InChI is InChI=1S/C19H24N4OS/c24-19(17-7-4-12-25-17)20-15-8-10-23(11-9-15)18-13-16(21-22-18)14-5-2-1-3-6-14/h1-7,12,15-16,18,21-22H,8-11,13H2,(H,20,24). The molecular formula is C19H24N4OS. The van der Waals surface area contributed by atoms with E-state index >= 15 is 0 Å². The van der Waals surface area contributed by atoms with Crippen LogP contribution in [0.15, 0.2) is 47.8 Å². The van der Waals surface area contributed by atoms with Gasteiger partial charge in [-0.05, 0) is 36.3 Å². The van der Waals surface area contributed by atoms with Gasteiger partial charge in [0.15, 0.2) is 0 Å². The molecule has 5 nitrogen and oxygen atoms in total. The summed E-state index contributed by atoms with van der Waals surface area (Å²) in [5.41, 5.74) is 8.19. The Morgan fingerprint density at radius 1 is 1.08 bits per heavy atom. The monoisotopic (exact) mass is 356 g/mol. The fourth-order valence-corrected chi connectivity index (χ4v) is 4.33. The van der Waals surface area contributed by atoms with Crippen molar-refractivity contribution in [2.75, 3.05) is 13.1 Å². The Hall–Kier alpha value is -1.73. The van der Waals surface area contributed by atoms with E-state index in [4.69, 9.17) is 0 Å². The summed E-state index contributed by atoms with van der Waals surface area (Å²) in [6.45, 7) is 2.02. The van der Waals surface area contributed by atoms with Gasteiger partial charge in [0.2, 0.25) is 0 Å². The molecule has 2 saturated heterocycles. The molecule has 1 aromatic carbocycles. The van der Waals surface area contributed by atoms with E-state index < -0.39 is 0 Å². The molecule has 0 radical (unpaired) electrons. The number of benzene rings is 1. The van der Waals surface area contributed by atoms with Crippen LogP contribution in [0.1, 0.15) is 40.5 Å². The zero-order valence-electron chi connectivity index (χ0n) is 14.2. The highest BCUT2D eigenvalue weighted by Gasteiger charge is 2.32. The molecule has 6 heteroatoms. The first-order chi connectivity index (χ1) is 12.3. The van der Waals surface area contributed by atoms with Crippen LogP contribution in [-0.2, 0) is 0 Å². The van der Waals surface area contributed by atoms with Crippen LogP contribution in [0.25, 0.3) is 0 Å². The minimum Gasteiger partial charge on any atom is -0.349 e. The molecule has 1 aromatic heterocycles. The first-order valence-electron chi connectivity index (χ1n) is 8.94. The Balaban J connectivity index is 1.26. The molecule has 2 aliphatic rings. The van der Waals surface area contributed by atoms with Crippen molar-refractivity contribution in [3.8, 4) is 0 Å². The minimum atomic E-state index is 0.0678. The third-order valence-electron chi connectivity index (χ3n) is 5.14. The van der Waals surface area contributed by atoms with Gasteiger partial charge in [-0.3, -0.25) is 9.69 Å². The van der Waals surface area contributed by atoms with E-state index in [1.54, 1.807) is 0 Å². The summed E-state index contributed by atoms with van der Waals surface area (Å²) in [7, 11) is 0. The average Bonchev–Trinajstić information content (AvgIpc) is 3.35. The molecule has 0 spiro atoms. The second-order valence-corrected chi connectivity index (χ2v) is 7.71. The van der Waals surface area contributed by atoms with Gasteiger partial charge in [-0.15, -0.1) is 11.3 Å². The van der Waals surface area contributed by atoms with E-state index in [-0.39, 0.29) is 11.9 Å². The predicted octanol–water partition coefficient (Wildman–Crippen LogP) is 2.51. The zero-order valence-corrected chi connectivity index (χ0v) is 15.0. The number of hydrazine groups is 1. The van der Waals surface area contributed by atoms with Crippen molar-refractivity contribution >= 4 is 17.2 Å². The van der Waals surface area contributed by atoms with Gasteiger partial charge in [0.05, 0.1) is 11.0 Å². The molecule has 4 rings (SSSR count). The number of carbonyl (C=O) groups is 1. The Labute approximate surface area is 152 Å². The maximum Gasteiger partial charge on any atom is 0.261 e. The first kappa shape index (κ1) is 16.7. The first-order valence-corrected chi connectivity index (χ1v) is 9.82. The van der Waals surface area contributed by atoms with Crippen LogP contribution in [0.3, 0.4) is 0 Å². The SMILES string of the molecule is O=C(NC1CCN(C2CC(c3ccccc3)NN2)CC1)c1cccs1. The van der Waals surface area contributed by atoms with Crippen LogP contribution in [0, 0.1) is 0 Å². The van der Waals surface area contributed by atoms with Crippen LogP contribution in [-0.4, -0.2) is 36.1 Å². The van der Waals surface area contributed by atoms with Crippen LogP contribution in [0.2, 0.25) is 0 Å². The van der Waals surface area contributed by atoms with Crippen molar-refractivity contribution in [2.24, 2.45) is 0 Å². The number of amides is 1. The van der Waals surface area contributed by atoms with E-state index in [9.17, 15) is 4.79 Å². The Morgan fingerprint density at radius 3 is 2.60 bits per heavy atom. The maximum absolute atomic E-state index is 12.2. The van der Waals surface area contributed by atoms with Crippen molar-refractivity contribution in [3.63, 3.8) is 0 Å². The molecular weight excluding hydrogens is 332 g/mol. The van der Waals surface area contributed by atoms with Gasteiger partial charge in [-0.25, -0.2) is 10.9 Å². The average molecular weight is 356 g/mol. The van der Waals surface area contributed by atoms with Crippen LogP contribution < -0.4 is 16.2 Å². The molecule has 1 amide bonds. The van der Waals surface area contributed by atoms with E-state index in [2.05, 4.69) is 51.4 Å². The fourth-order valence-electron chi connectivity index (χ4n) is 3.70. The lowest BCUT2D eigenvalue weighted by Crippen LogP contribution is -2.51. The lowest BCUT2D eigenvalue weighted by atomic mass is 10.0. The molecule has 3 heterocycles. The molecule has 132 valence electrons. The number of thiophene rings is 1. The summed E-state index contributed by atoms with van der Waals surface area (Å²) < 4.78 is 0. The fraction of sp³-hybridized carbons (Fsp3) is 0.421. The number of likely N-dealkylation sites (tertiary alicyclic amines) is 1. The lowest BCUT2D eigenvalue weighted by molar-refractivity contribution is 0.0884. The van der Waals surface area contributed by atoms with Crippen LogP contribution >= 0.6 is 11.3 Å². The minimum absolute atomic E-state index is 0.0678. The maximum atomic E-state index is 12.2. The number of piperidine rings is 1. The van der Waals surface area contributed by atoms with Crippen molar-refractivity contribution in [1.29, 1.82) is 0 Å². The number of hydrogen-bond donors (Lipinski definition) is 3.